The second kappa shape index (κ2) is 4.54. The second-order valence-electron chi connectivity index (χ2n) is 2.56. The van der Waals surface area contributed by atoms with Crippen molar-refractivity contribution in [2.75, 3.05) is 6.54 Å². The van der Waals surface area contributed by atoms with E-state index in [-0.39, 0.29) is 12.4 Å². The normalized spacial score (nSPS) is 10.1. The van der Waals surface area contributed by atoms with Gasteiger partial charge in [-0.15, -0.1) is 12.4 Å². The van der Waals surface area contributed by atoms with Crippen LogP contribution in [0.25, 0.3) is 11.2 Å². The Labute approximate surface area is 91.7 Å². The highest BCUT2D eigenvalue weighted by molar-refractivity contribution is 6.33. The van der Waals surface area contributed by atoms with Crippen LogP contribution in [-0.4, -0.2) is 26.1 Å². The maximum Gasteiger partial charge on any atom is 0.164 e. The quantitative estimate of drug-likeness (QED) is 0.782. The maximum absolute atomic E-state index is 5.81. The van der Waals surface area contributed by atoms with Crippen LogP contribution in [0.4, 0.5) is 0 Å². The van der Waals surface area contributed by atoms with Crippen molar-refractivity contribution >= 4 is 35.2 Å². The van der Waals surface area contributed by atoms with Gasteiger partial charge in [-0.2, -0.15) is 0 Å². The maximum atomic E-state index is 5.81. The molecule has 76 valence electrons. The Morgan fingerprint density at radius 3 is 2.86 bits per heavy atom. The molecule has 0 saturated heterocycles. The minimum Gasteiger partial charge on any atom is -0.329 e. The molecule has 2 aromatic rings. The third kappa shape index (κ3) is 1.79. The van der Waals surface area contributed by atoms with Crippen LogP contribution in [0.2, 0.25) is 5.15 Å². The van der Waals surface area contributed by atoms with Crippen LogP contribution in [0.15, 0.2) is 12.7 Å². The SMILES string of the molecule is Cl.NCCn1cnc2c(Cl)ncnc21. The molecule has 2 rings (SSSR count). The van der Waals surface area contributed by atoms with E-state index in [2.05, 4.69) is 15.0 Å². The Bertz CT molecular complexity index is 427. The van der Waals surface area contributed by atoms with E-state index < -0.39 is 0 Å². The summed E-state index contributed by atoms with van der Waals surface area (Å²) in [5.74, 6) is 0. The first-order valence-corrected chi connectivity index (χ1v) is 4.22. The van der Waals surface area contributed by atoms with E-state index in [1.807, 2.05) is 4.57 Å². The van der Waals surface area contributed by atoms with E-state index in [0.29, 0.717) is 23.8 Å². The summed E-state index contributed by atoms with van der Waals surface area (Å²) in [7, 11) is 0. The lowest BCUT2D eigenvalue weighted by molar-refractivity contribution is 0.721. The lowest BCUT2D eigenvalue weighted by atomic mass is 10.5. The second-order valence-corrected chi connectivity index (χ2v) is 2.92. The summed E-state index contributed by atoms with van der Waals surface area (Å²) in [6.07, 6.45) is 3.08. The molecule has 0 amide bonds. The van der Waals surface area contributed by atoms with Gasteiger partial charge >= 0.3 is 0 Å². The molecule has 5 nitrogen and oxygen atoms in total. The van der Waals surface area contributed by atoms with Gasteiger partial charge in [0.2, 0.25) is 0 Å². The number of nitrogens with two attached hydrogens (primary N) is 1. The Balaban J connectivity index is 0.000000980. The third-order valence-corrected chi connectivity index (χ3v) is 2.00. The first kappa shape index (κ1) is 11.2. The molecular formula is C7H9Cl2N5. The number of hydrogen-bond donors (Lipinski definition) is 1. The van der Waals surface area contributed by atoms with Crippen LogP contribution in [0.3, 0.4) is 0 Å². The van der Waals surface area contributed by atoms with E-state index in [0.717, 1.165) is 5.65 Å². The third-order valence-electron chi connectivity index (χ3n) is 1.73. The van der Waals surface area contributed by atoms with Gasteiger partial charge in [0.25, 0.3) is 0 Å². The molecule has 0 fully saturated rings. The molecule has 0 atom stereocenters. The van der Waals surface area contributed by atoms with Crippen LogP contribution < -0.4 is 5.73 Å². The molecule has 0 aliphatic rings. The van der Waals surface area contributed by atoms with Crippen molar-refractivity contribution < 1.29 is 0 Å². The zero-order valence-corrected chi connectivity index (χ0v) is 8.79. The van der Waals surface area contributed by atoms with Gasteiger partial charge in [-0.05, 0) is 0 Å². The summed E-state index contributed by atoms with van der Waals surface area (Å²) in [6, 6.07) is 0. The Morgan fingerprint density at radius 1 is 1.36 bits per heavy atom. The topological polar surface area (TPSA) is 69.6 Å². The molecule has 0 bridgehead atoms. The minimum atomic E-state index is 0. The molecule has 2 N–H and O–H groups in total. The zero-order valence-electron chi connectivity index (χ0n) is 7.22. The molecule has 0 spiro atoms. The van der Waals surface area contributed by atoms with Crippen molar-refractivity contribution in [2.45, 2.75) is 6.54 Å². The fourth-order valence-electron chi connectivity index (χ4n) is 1.15. The van der Waals surface area contributed by atoms with Crippen molar-refractivity contribution in [3.05, 3.63) is 17.8 Å². The molecular weight excluding hydrogens is 225 g/mol. The van der Waals surface area contributed by atoms with Gasteiger partial charge in [0, 0.05) is 13.1 Å². The van der Waals surface area contributed by atoms with Crippen molar-refractivity contribution in [1.29, 1.82) is 0 Å². The summed E-state index contributed by atoms with van der Waals surface area (Å²) >= 11 is 5.81. The Kier molecular flexibility index (Phi) is 3.62. The van der Waals surface area contributed by atoms with Gasteiger partial charge in [-0.3, -0.25) is 0 Å². The zero-order chi connectivity index (χ0) is 9.26. The molecule has 0 saturated carbocycles. The first-order valence-electron chi connectivity index (χ1n) is 3.84. The van der Waals surface area contributed by atoms with Gasteiger partial charge in [-0.25, -0.2) is 15.0 Å². The molecule has 2 aromatic heterocycles. The largest absolute Gasteiger partial charge is 0.329 e. The van der Waals surface area contributed by atoms with Gasteiger partial charge in [-0.1, -0.05) is 11.6 Å². The van der Waals surface area contributed by atoms with Crippen LogP contribution in [-0.2, 0) is 6.54 Å². The summed E-state index contributed by atoms with van der Waals surface area (Å²) in [6.45, 7) is 1.23. The van der Waals surface area contributed by atoms with Crippen LogP contribution in [0.1, 0.15) is 0 Å². The minimum absolute atomic E-state index is 0. The summed E-state index contributed by atoms with van der Waals surface area (Å²) in [5, 5.41) is 0.376. The number of imidazole rings is 1. The molecule has 0 aliphatic heterocycles. The average molecular weight is 234 g/mol. The number of nitrogens with zero attached hydrogens (tertiary/aromatic N) is 4. The Hall–Kier alpha value is -0.910. The van der Waals surface area contributed by atoms with E-state index >= 15 is 0 Å². The average Bonchev–Trinajstić information content (AvgIpc) is 2.51. The predicted octanol–water partition coefficient (Wildman–Crippen LogP) is 0.860. The first-order chi connectivity index (χ1) is 6.33. The lowest BCUT2D eigenvalue weighted by Crippen LogP contribution is -2.09. The van der Waals surface area contributed by atoms with E-state index in [9.17, 15) is 0 Å². The van der Waals surface area contributed by atoms with Gasteiger partial charge in [0.1, 0.15) is 11.8 Å². The van der Waals surface area contributed by atoms with Gasteiger partial charge in [0.05, 0.1) is 6.33 Å². The molecule has 0 radical (unpaired) electrons. The lowest BCUT2D eigenvalue weighted by Gasteiger charge is -1.98. The number of hydrogen-bond acceptors (Lipinski definition) is 4. The van der Waals surface area contributed by atoms with Crippen molar-refractivity contribution in [3.8, 4) is 0 Å². The molecule has 7 heteroatoms. The van der Waals surface area contributed by atoms with Crippen molar-refractivity contribution in [1.82, 2.24) is 19.5 Å². The van der Waals surface area contributed by atoms with E-state index in [4.69, 9.17) is 17.3 Å². The van der Waals surface area contributed by atoms with Gasteiger partial charge < -0.3 is 10.3 Å². The summed E-state index contributed by atoms with van der Waals surface area (Å²) in [4.78, 5) is 12.0. The van der Waals surface area contributed by atoms with E-state index in [1.54, 1.807) is 6.33 Å². The summed E-state index contributed by atoms with van der Waals surface area (Å²) < 4.78 is 1.85. The highest BCUT2D eigenvalue weighted by atomic mass is 35.5. The number of halogens is 2. The summed E-state index contributed by atoms with van der Waals surface area (Å²) in [5.41, 5.74) is 6.77. The molecule has 14 heavy (non-hydrogen) atoms. The molecule has 0 aromatic carbocycles. The predicted molar refractivity (Wildman–Crippen MR) is 56.6 cm³/mol. The standard InChI is InChI=1S/C7H8ClN5.ClH/c8-6-5-7(11-3-10-6)13(2-1-9)4-12-5;/h3-4H,1-2,9H2;1H. The van der Waals surface area contributed by atoms with Crippen LogP contribution in [0, 0.1) is 0 Å². The van der Waals surface area contributed by atoms with Crippen molar-refractivity contribution in [2.24, 2.45) is 5.73 Å². The number of rotatable bonds is 2. The fourth-order valence-corrected chi connectivity index (χ4v) is 1.33. The molecule has 0 unspecified atom stereocenters. The highest BCUT2D eigenvalue weighted by Gasteiger charge is 2.06. The highest BCUT2D eigenvalue weighted by Crippen LogP contribution is 2.16. The molecule has 2 heterocycles. The van der Waals surface area contributed by atoms with Crippen molar-refractivity contribution in [3.63, 3.8) is 0 Å². The smallest absolute Gasteiger partial charge is 0.164 e. The van der Waals surface area contributed by atoms with E-state index in [1.165, 1.54) is 6.33 Å². The van der Waals surface area contributed by atoms with Crippen LogP contribution in [0.5, 0.6) is 0 Å². The van der Waals surface area contributed by atoms with Crippen LogP contribution >= 0.6 is 24.0 Å². The monoisotopic (exact) mass is 233 g/mol. The Morgan fingerprint density at radius 2 is 2.14 bits per heavy atom. The van der Waals surface area contributed by atoms with Gasteiger partial charge in [0.15, 0.2) is 10.8 Å². The fraction of sp³-hybridized carbons (Fsp3) is 0.286. The number of aromatic nitrogens is 4. The molecule has 0 aliphatic carbocycles. The number of fused-ring (bicyclic) bond motifs is 1.